The van der Waals surface area contributed by atoms with E-state index in [1.807, 2.05) is 13.1 Å². The fourth-order valence-electron chi connectivity index (χ4n) is 1.63. The number of pyridine rings is 1. The van der Waals surface area contributed by atoms with Gasteiger partial charge in [0.25, 0.3) is 5.78 Å². The highest BCUT2D eigenvalue weighted by Crippen LogP contribution is 2.21. The third-order valence-corrected chi connectivity index (χ3v) is 2.49. The molecule has 0 aliphatic rings. The fourth-order valence-corrected chi connectivity index (χ4v) is 1.63. The van der Waals surface area contributed by atoms with Crippen LogP contribution in [0.3, 0.4) is 0 Å². The van der Waals surface area contributed by atoms with Gasteiger partial charge in [0.1, 0.15) is 11.6 Å². The first-order chi connectivity index (χ1) is 8.24. The van der Waals surface area contributed by atoms with Gasteiger partial charge in [-0.15, -0.1) is 10.2 Å². The van der Waals surface area contributed by atoms with Gasteiger partial charge >= 0.3 is 0 Å². The van der Waals surface area contributed by atoms with Crippen molar-refractivity contribution in [1.82, 2.24) is 24.6 Å². The molecule has 0 aliphatic heterocycles. The van der Waals surface area contributed by atoms with Crippen LogP contribution in [0, 0.1) is 6.92 Å². The summed E-state index contributed by atoms with van der Waals surface area (Å²) in [7, 11) is 0. The molecule has 0 aromatic carbocycles. The Morgan fingerprint density at radius 3 is 2.82 bits per heavy atom. The van der Waals surface area contributed by atoms with Crippen molar-refractivity contribution in [3.8, 4) is 16.9 Å². The first-order valence-corrected chi connectivity index (χ1v) is 5.06. The number of aryl methyl sites for hydroxylation is 1. The summed E-state index contributed by atoms with van der Waals surface area (Å²) in [5.41, 5.74) is 1.65. The van der Waals surface area contributed by atoms with E-state index in [0.29, 0.717) is 5.78 Å². The van der Waals surface area contributed by atoms with Gasteiger partial charge < -0.3 is 5.11 Å². The molecule has 0 atom stereocenters. The van der Waals surface area contributed by atoms with Crippen molar-refractivity contribution in [2.75, 3.05) is 0 Å². The zero-order valence-electron chi connectivity index (χ0n) is 9.07. The predicted octanol–water partition coefficient (Wildman–Crippen LogP) is 1.20. The quantitative estimate of drug-likeness (QED) is 0.676. The highest BCUT2D eigenvalue weighted by atomic mass is 16.3. The summed E-state index contributed by atoms with van der Waals surface area (Å²) >= 11 is 0. The molecule has 0 aliphatic carbocycles. The molecule has 0 fully saturated rings. The number of rotatable bonds is 1. The molecule has 0 radical (unpaired) electrons. The zero-order valence-corrected chi connectivity index (χ0v) is 9.07. The normalized spacial score (nSPS) is 10.9. The third kappa shape index (κ3) is 1.59. The summed E-state index contributed by atoms with van der Waals surface area (Å²) in [6.07, 6.45) is 6.61. The van der Waals surface area contributed by atoms with Crippen molar-refractivity contribution >= 4 is 5.78 Å². The average Bonchev–Trinajstić information content (AvgIpc) is 2.71. The fraction of sp³-hybridized carbons (Fsp3) is 0.0909. The second-order valence-electron chi connectivity index (χ2n) is 3.69. The van der Waals surface area contributed by atoms with Gasteiger partial charge in [-0.25, -0.2) is 4.98 Å². The summed E-state index contributed by atoms with van der Waals surface area (Å²) in [4.78, 5) is 8.12. The van der Waals surface area contributed by atoms with E-state index in [1.165, 1.54) is 6.20 Å². The van der Waals surface area contributed by atoms with Crippen LogP contribution in [-0.4, -0.2) is 29.7 Å². The second kappa shape index (κ2) is 3.51. The van der Waals surface area contributed by atoms with Crippen LogP contribution in [0.1, 0.15) is 5.82 Å². The Labute approximate surface area is 96.6 Å². The van der Waals surface area contributed by atoms with E-state index >= 15 is 0 Å². The van der Waals surface area contributed by atoms with Crippen molar-refractivity contribution in [3.05, 3.63) is 36.7 Å². The molecule has 84 valence electrons. The maximum Gasteiger partial charge on any atom is 0.254 e. The number of fused-ring (bicyclic) bond motifs is 1. The van der Waals surface area contributed by atoms with Crippen LogP contribution in [0.25, 0.3) is 16.9 Å². The lowest BCUT2D eigenvalue weighted by Crippen LogP contribution is -1.92. The first-order valence-electron chi connectivity index (χ1n) is 5.06. The summed E-state index contributed by atoms with van der Waals surface area (Å²) in [6.45, 7) is 1.85. The summed E-state index contributed by atoms with van der Waals surface area (Å²) < 4.78 is 1.79. The van der Waals surface area contributed by atoms with E-state index in [9.17, 15) is 5.11 Å². The Balaban J connectivity index is 2.20. The molecule has 3 aromatic heterocycles. The van der Waals surface area contributed by atoms with E-state index in [-0.39, 0.29) is 5.75 Å². The Morgan fingerprint density at radius 2 is 2.00 bits per heavy atom. The standard InChI is InChI=1S/C11H9N5O/c1-7-14-15-11-13-4-9(6-16(7)11)8-2-10(17)5-12-3-8/h2-6,17H,1H3. The topological polar surface area (TPSA) is 76.2 Å². The van der Waals surface area contributed by atoms with Crippen molar-refractivity contribution in [2.45, 2.75) is 6.92 Å². The van der Waals surface area contributed by atoms with E-state index in [0.717, 1.165) is 17.0 Å². The predicted molar refractivity (Wildman–Crippen MR) is 60.4 cm³/mol. The van der Waals surface area contributed by atoms with Gasteiger partial charge in [0.2, 0.25) is 0 Å². The second-order valence-corrected chi connectivity index (χ2v) is 3.69. The molecule has 3 rings (SSSR count). The lowest BCUT2D eigenvalue weighted by atomic mass is 10.1. The van der Waals surface area contributed by atoms with Gasteiger partial charge in [-0.1, -0.05) is 0 Å². The number of aromatic hydroxyl groups is 1. The maximum atomic E-state index is 9.39. The van der Waals surface area contributed by atoms with Gasteiger partial charge in [0.15, 0.2) is 0 Å². The largest absolute Gasteiger partial charge is 0.506 e. The summed E-state index contributed by atoms with van der Waals surface area (Å²) in [6, 6.07) is 1.63. The van der Waals surface area contributed by atoms with E-state index in [4.69, 9.17) is 0 Å². The Morgan fingerprint density at radius 1 is 1.12 bits per heavy atom. The lowest BCUT2D eigenvalue weighted by Gasteiger charge is -2.02. The lowest BCUT2D eigenvalue weighted by molar-refractivity contribution is 0.473. The molecule has 3 aromatic rings. The highest BCUT2D eigenvalue weighted by molar-refractivity contribution is 5.62. The molecule has 6 nitrogen and oxygen atoms in total. The highest BCUT2D eigenvalue weighted by Gasteiger charge is 2.05. The SMILES string of the molecule is Cc1nnc2ncc(-c3cncc(O)c3)cn12. The molecule has 6 heteroatoms. The van der Waals surface area contributed by atoms with Gasteiger partial charge in [-0.3, -0.25) is 9.38 Å². The minimum absolute atomic E-state index is 0.128. The number of aromatic nitrogens is 5. The minimum Gasteiger partial charge on any atom is -0.506 e. The van der Waals surface area contributed by atoms with Crippen LogP contribution in [0.2, 0.25) is 0 Å². The molecular formula is C11H9N5O. The smallest absolute Gasteiger partial charge is 0.254 e. The molecule has 0 amide bonds. The monoisotopic (exact) mass is 227 g/mol. The molecule has 0 saturated carbocycles. The summed E-state index contributed by atoms with van der Waals surface area (Å²) in [5.74, 6) is 1.45. The molecular weight excluding hydrogens is 218 g/mol. The van der Waals surface area contributed by atoms with Gasteiger partial charge in [-0.05, 0) is 13.0 Å². The van der Waals surface area contributed by atoms with Crippen LogP contribution in [0.15, 0.2) is 30.9 Å². The van der Waals surface area contributed by atoms with Crippen molar-refractivity contribution in [1.29, 1.82) is 0 Å². The van der Waals surface area contributed by atoms with E-state index in [2.05, 4.69) is 20.2 Å². The zero-order chi connectivity index (χ0) is 11.8. The van der Waals surface area contributed by atoms with Crippen LogP contribution >= 0.6 is 0 Å². The van der Waals surface area contributed by atoms with Crippen LogP contribution in [-0.2, 0) is 0 Å². The Kier molecular flexibility index (Phi) is 2.01. The van der Waals surface area contributed by atoms with Gasteiger partial charge in [-0.2, -0.15) is 0 Å². The van der Waals surface area contributed by atoms with E-state index < -0.39 is 0 Å². The molecule has 0 unspecified atom stereocenters. The number of hydrogen-bond acceptors (Lipinski definition) is 5. The molecule has 1 N–H and O–H groups in total. The van der Waals surface area contributed by atoms with Crippen molar-refractivity contribution < 1.29 is 5.11 Å². The Bertz CT molecular complexity index is 691. The average molecular weight is 227 g/mol. The molecule has 0 spiro atoms. The Hall–Kier alpha value is -2.50. The van der Waals surface area contributed by atoms with Crippen molar-refractivity contribution in [2.24, 2.45) is 0 Å². The molecule has 3 heterocycles. The number of nitrogens with zero attached hydrogens (tertiary/aromatic N) is 5. The minimum atomic E-state index is 0.128. The first kappa shape index (κ1) is 9.71. The third-order valence-electron chi connectivity index (χ3n) is 2.49. The van der Waals surface area contributed by atoms with Crippen LogP contribution in [0.4, 0.5) is 0 Å². The van der Waals surface area contributed by atoms with Gasteiger partial charge in [0, 0.05) is 29.7 Å². The maximum absolute atomic E-state index is 9.39. The number of hydrogen-bond donors (Lipinski definition) is 1. The van der Waals surface area contributed by atoms with Gasteiger partial charge in [0.05, 0.1) is 6.20 Å². The van der Waals surface area contributed by atoms with Crippen molar-refractivity contribution in [3.63, 3.8) is 0 Å². The van der Waals surface area contributed by atoms with E-state index in [1.54, 1.807) is 22.9 Å². The van der Waals surface area contributed by atoms with Crippen LogP contribution in [0.5, 0.6) is 5.75 Å². The molecule has 0 bridgehead atoms. The summed E-state index contributed by atoms with van der Waals surface area (Å²) in [5, 5.41) is 17.2. The molecule has 17 heavy (non-hydrogen) atoms. The molecule has 0 saturated heterocycles. The van der Waals surface area contributed by atoms with Crippen LogP contribution < -0.4 is 0 Å².